The highest BCUT2D eigenvalue weighted by atomic mass is 35.5. The Labute approximate surface area is 170 Å². The van der Waals surface area contributed by atoms with E-state index < -0.39 is 10.8 Å². The van der Waals surface area contributed by atoms with E-state index >= 15 is 0 Å². The number of nitrogens with zero attached hydrogens (tertiary/aromatic N) is 1. The number of rotatable bonds is 6. The van der Waals surface area contributed by atoms with Crippen LogP contribution in [0.25, 0.3) is 0 Å². The van der Waals surface area contributed by atoms with Crippen molar-refractivity contribution < 1.29 is 9.00 Å². The summed E-state index contributed by atoms with van der Waals surface area (Å²) in [6, 6.07) is 13.2. The summed E-state index contributed by atoms with van der Waals surface area (Å²) in [5.74, 6) is 0.208. The molecule has 4 nitrogen and oxygen atoms in total. The molecule has 0 spiro atoms. The summed E-state index contributed by atoms with van der Waals surface area (Å²) in [6.07, 6.45) is 4.13. The number of hydrogen-bond donors (Lipinski definition) is 1. The van der Waals surface area contributed by atoms with Crippen molar-refractivity contribution in [1.82, 2.24) is 4.98 Å². The smallest absolute Gasteiger partial charge is 0.257 e. The topological polar surface area (TPSA) is 59.1 Å². The molecule has 0 aliphatic heterocycles. The lowest BCUT2D eigenvalue weighted by Crippen LogP contribution is -2.12. The molecule has 140 valence electrons. The first-order valence-electron chi connectivity index (χ1n) is 8.31. The molecule has 2 aromatic carbocycles. The van der Waals surface area contributed by atoms with Gasteiger partial charge in [0.25, 0.3) is 5.91 Å². The first kappa shape index (κ1) is 19.7. The van der Waals surface area contributed by atoms with Crippen LogP contribution in [0.15, 0.2) is 48.7 Å². The van der Waals surface area contributed by atoms with Gasteiger partial charge in [0.15, 0.2) is 5.13 Å². The zero-order valence-electron chi connectivity index (χ0n) is 15.0. The fourth-order valence-electron chi connectivity index (χ4n) is 2.60. The zero-order valence-corrected chi connectivity index (χ0v) is 17.4. The van der Waals surface area contributed by atoms with Crippen LogP contribution in [0.5, 0.6) is 0 Å². The van der Waals surface area contributed by atoms with Crippen LogP contribution in [0.2, 0.25) is 5.02 Å². The monoisotopic (exact) mass is 418 g/mol. The Hall–Kier alpha value is -2.02. The molecule has 0 aliphatic carbocycles. The van der Waals surface area contributed by atoms with Crippen molar-refractivity contribution in [3.63, 3.8) is 0 Å². The molecule has 27 heavy (non-hydrogen) atoms. The van der Waals surface area contributed by atoms with E-state index in [2.05, 4.69) is 10.3 Å². The second-order valence-electron chi connectivity index (χ2n) is 6.26. The minimum absolute atomic E-state index is 0.224. The minimum Gasteiger partial charge on any atom is -0.298 e. The SMILES string of the molecule is Cc1ccc(Cc2cnc(NC(=O)c3cccc(CS(C)=O)c3)s2)cc1Cl. The second kappa shape index (κ2) is 8.78. The molecule has 7 heteroatoms. The molecule has 1 amide bonds. The summed E-state index contributed by atoms with van der Waals surface area (Å²) >= 11 is 7.62. The first-order chi connectivity index (χ1) is 12.9. The number of benzene rings is 2. The molecule has 0 aliphatic rings. The van der Waals surface area contributed by atoms with Gasteiger partial charge in [0.2, 0.25) is 0 Å². The van der Waals surface area contributed by atoms with E-state index in [0.29, 0.717) is 22.9 Å². The third-order valence-corrected chi connectivity index (χ3v) is 6.01. The van der Waals surface area contributed by atoms with E-state index in [1.807, 2.05) is 31.2 Å². The van der Waals surface area contributed by atoms with Crippen LogP contribution in [-0.4, -0.2) is 21.4 Å². The Morgan fingerprint density at radius 2 is 2.04 bits per heavy atom. The lowest BCUT2D eigenvalue weighted by molar-refractivity contribution is 0.102. The summed E-state index contributed by atoms with van der Waals surface area (Å²) in [6.45, 7) is 1.97. The van der Waals surface area contributed by atoms with Crippen LogP contribution in [-0.2, 0) is 23.0 Å². The van der Waals surface area contributed by atoms with E-state index in [-0.39, 0.29) is 5.91 Å². The molecule has 0 radical (unpaired) electrons. The number of thiazole rings is 1. The molecular formula is C20H19ClN2O2S2. The maximum atomic E-state index is 12.5. The normalized spacial score (nSPS) is 12.0. The fourth-order valence-corrected chi connectivity index (χ4v) is 4.29. The summed E-state index contributed by atoms with van der Waals surface area (Å²) in [5.41, 5.74) is 3.55. The van der Waals surface area contributed by atoms with Gasteiger partial charge >= 0.3 is 0 Å². The quantitative estimate of drug-likeness (QED) is 0.623. The van der Waals surface area contributed by atoms with E-state index in [0.717, 1.165) is 26.6 Å². The highest BCUT2D eigenvalue weighted by Crippen LogP contribution is 2.24. The van der Waals surface area contributed by atoms with Gasteiger partial charge in [-0.15, -0.1) is 11.3 Å². The van der Waals surface area contributed by atoms with Gasteiger partial charge in [-0.3, -0.25) is 14.3 Å². The molecule has 1 unspecified atom stereocenters. The molecule has 1 aromatic heterocycles. The van der Waals surface area contributed by atoms with Crippen molar-refractivity contribution >= 4 is 44.8 Å². The number of halogens is 1. The van der Waals surface area contributed by atoms with Crippen LogP contribution in [0, 0.1) is 6.92 Å². The standard InChI is InChI=1S/C20H19ClN2O2S2/c1-13-6-7-14(10-18(13)21)9-17-11-22-20(26-17)23-19(24)16-5-3-4-15(8-16)12-27(2)25/h3-8,10-11H,9,12H2,1-2H3,(H,22,23,24). The number of hydrogen-bond acceptors (Lipinski definition) is 4. The molecular weight excluding hydrogens is 400 g/mol. The maximum absolute atomic E-state index is 12.5. The van der Waals surface area contributed by atoms with Crippen molar-refractivity contribution in [3.8, 4) is 0 Å². The number of aryl methyl sites for hydroxylation is 1. The number of nitrogens with one attached hydrogen (secondary N) is 1. The average molecular weight is 419 g/mol. The molecule has 1 N–H and O–H groups in total. The third-order valence-electron chi connectivity index (χ3n) is 3.95. The van der Waals surface area contributed by atoms with Crippen molar-refractivity contribution in [1.29, 1.82) is 0 Å². The van der Waals surface area contributed by atoms with Crippen LogP contribution in [0.4, 0.5) is 5.13 Å². The second-order valence-corrected chi connectivity index (χ2v) is 9.22. The van der Waals surface area contributed by atoms with Gasteiger partial charge < -0.3 is 0 Å². The van der Waals surface area contributed by atoms with Crippen LogP contribution >= 0.6 is 22.9 Å². The summed E-state index contributed by atoms with van der Waals surface area (Å²) in [7, 11) is -0.947. The molecule has 3 aromatic rings. The molecule has 3 rings (SSSR count). The predicted octanol–water partition coefficient (Wildman–Crippen LogP) is 4.83. The highest BCUT2D eigenvalue weighted by Gasteiger charge is 2.11. The van der Waals surface area contributed by atoms with Gasteiger partial charge in [0.1, 0.15) is 0 Å². The summed E-state index contributed by atoms with van der Waals surface area (Å²) in [5, 5.41) is 4.13. The number of carbonyl (C=O) groups is 1. The van der Waals surface area contributed by atoms with Crippen molar-refractivity contribution in [2.24, 2.45) is 0 Å². The van der Waals surface area contributed by atoms with Crippen molar-refractivity contribution in [2.45, 2.75) is 19.1 Å². The number of aromatic nitrogens is 1. The van der Waals surface area contributed by atoms with E-state index in [9.17, 15) is 9.00 Å². The Kier molecular flexibility index (Phi) is 6.42. The van der Waals surface area contributed by atoms with Crippen molar-refractivity contribution in [2.75, 3.05) is 11.6 Å². The largest absolute Gasteiger partial charge is 0.298 e. The Balaban J connectivity index is 1.67. The lowest BCUT2D eigenvalue weighted by Gasteiger charge is -2.04. The number of carbonyl (C=O) groups excluding carboxylic acids is 1. The molecule has 0 bridgehead atoms. The summed E-state index contributed by atoms with van der Waals surface area (Å²) < 4.78 is 11.4. The molecule has 0 saturated carbocycles. The summed E-state index contributed by atoms with van der Waals surface area (Å²) in [4.78, 5) is 17.8. The van der Waals surface area contributed by atoms with E-state index in [1.54, 1.807) is 30.7 Å². The molecule has 1 heterocycles. The Morgan fingerprint density at radius 1 is 1.22 bits per heavy atom. The van der Waals surface area contributed by atoms with Gasteiger partial charge in [-0.1, -0.05) is 35.9 Å². The molecule has 0 saturated heterocycles. The number of amides is 1. The van der Waals surface area contributed by atoms with Crippen LogP contribution in [0.3, 0.4) is 0 Å². The zero-order chi connectivity index (χ0) is 19.4. The van der Waals surface area contributed by atoms with Gasteiger partial charge in [0.05, 0.1) is 0 Å². The number of anilines is 1. The predicted molar refractivity (Wildman–Crippen MR) is 113 cm³/mol. The third kappa shape index (κ3) is 5.48. The van der Waals surface area contributed by atoms with Gasteiger partial charge in [-0.05, 0) is 41.8 Å². The fraction of sp³-hybridized carbons (Fsp3) is 0.200. The van der Waals surface area contributed by atoms with Crippen LogP contribution in [0.1, 0.15) is 31.9 Å². The van der Waals surface area contributed by atoms with Crippen LogP contribution < -0.4 is 5.32 Å². The molecule has 1 atom stereocenters. The van der Waals surface area contributed by atoms with Crippen molar-refractivity contribution in [3.05, 3.63) is 80.8 Å². The van der Waals surface area contributed by atoms with Gasteiger partial charge in [-0.25, -0.2) is 4.98 Å². The maximum Gasteiger partial charge on any atom is 0.257 e. The lowest BCUT2D eigenvalue weighted by atomic mass is 10.1. The minimum atomic E-state index is -0.947. The first-order valence-corrected chi connectivity index (χ1v) is 11.2. The van der Waals surface area contributed by atoms with Gasteiger partial charge in [0, 0.05) is 50.9 Å². The Bertz CT molecular complexity index is 1000. The Morgan fingerprint density at radius 3 is 2.78 bits per heavy atom. The average Bonchev–Trinajstić information content (AvgIpc) is 3.04. The van der Waals surface area contributed by atoms with Gasteiger partial charge in [-0.2, -0.15) is 0 Å². The highest BCUT2D eigenvalue weighted by molar-refractivity contribution is 7.83. The van der Waals surface area contributed by atoms with E-state index in [1.165, 1.54) is 11.3 Å². The molecule has 0 fully saturated rings. The van der Waals surface area contributed by atoms with E-state index in [4.69, 9.17) is 11.6 Å².